The first-order valence-electron chi connectivity index (χ1n) is 10.5. The highest BCUT2D eigenvalue weighted by atomic mass is 16.5. The first kappa shape index (κ1) is 20.3. The second kappa shape index (κ2) is 9.69. The normalized spacial score (nSPS) is 14.6. The quantitative estimate of drug-likeness (QED) is 0.425. The van der Waals surface area contributed by atoms with Crippen LogP contribution in [0, 0.1) is 11.8 Å². The fourth-order valence-corrected chi connectivity index (χ4v) is 3.88. The van der Waals surface area contributed by atoms with Gasteiger partial charge in [0.15, 0.2) is 0 Å². The summed E-state index contributed by atoms with van der Waals surface area (Å²) in [6, 6.07) is 18.1. The van der Waals surface area contributed by atoms with Crippen LogP contribution < -0.4 is 5.32 Å². The van der Waals surface area contributed by atoms with Gasteiger partial charge in [-0.3, -0.25) is 4.90 Å². The van der Waals surface area contributed by atoms with Crippen molar-refractivity contribution in [2.45, 2.75) is 13.3 Å². The molecule has 1 aliphatic heterocycles. The van der Waals surface area contributed by atoms with Gasteiger partial charge in [-0.1, -0.05) is 30.3 Å². The molecule has 1 saturated heterocycles. The Labute approximate surface area is 177 Å². The Bertz CT molecular complexity index is 978. The summed E-state index contributed by atoms with van der Waals surface area (Å²) < 4.78 is 7.44. The molecule has 6 nitrogen and oxygen atoms in total. The summed E-state index contributed by atoms with van der Waals surface area (Å²) in [6.07, 6.45) is 3.13. The van der Waals surface area contributed by atoms with E-state index in [1.807, 2.05) is 41.8 Å². The number of nitrogens with one attached hydrogen (secondary N) is 1. The highest BCUT2D eigenvalue weighted by Crippen LogP contribution is 2.31. The zero-order chi connectivity index (χ0) is 20.8. The highest BCUT2D eigenvalue weighted by Gasteiger charge is 2.12. The van der Waals surface area contributed by atoms with Crippen LogP contribution in [0.3, 0.4) is 0 Å². The molecule has 2 aromatic carbocycles. The van der Waals surface area contributed by atoms with Crippen LogP contribution in [0.2, 0.25) is 0 Å². The minimum atomic E-state index is 0.437. The van der Waals surface area contributed by atoms with Gasteiger partial charge in [0.05, 0.1) is 18.9 Å². The molecule has 156 valence electrons. The van der Waals surface area contributed by atoms with E-state index in [2.05, 4.69) is 39.8 Å². The summed E-state index contributed by atoms with van der Waals surface area (Å²) in [5.74, 6) is 0. The van der Waals surface area contributed by atoms with Gasteiger partial charge < -0.3 is 14.6 Å². The number of rotatable bonds is 8. The van der Waals surface area contributed by atoms with Crippen molar-refractivity contribution in [1.82, 2.24) is 9.47 Å². The molecule has 0 atom stereocenters. The van der Waals surface area contributed by atoms with Crippen molar-refractivity contribution in [1.29, 1.82) is 0 Å². The fraction of sp³-hybridized carbons (Fsp3) is 0.333. The topological polar surface area (TPSA) is 58.9 Å². The molecular weight excluding hydrogens is 376 g/mol. The number of nitrogens with zero attached hydrogens (tertiary/aromatic N) is 3. The summed E-state index contributed by atoms with van der Waals surface area (Å²) >= 11 is 0. The number of ether oxygens (including phenoxy) is 1. The van der Waals surface area contributed by atoms with Gasteiger partial charge in [-0.05, 0) is 54.9 Å². The van der Waals surface area contributed by atoms with E-state index in [0.29, 0.717) is 5.69 Å². The van der Waals surface area contributed by atoms with E-state index in [0.717, 1.165) is 74.0 Å². The number of aromatic nitrogens is 1. The molecule has 0 saturated carbocycles. The molecule has 0 aliphatic carbocycles. The van der Waals surface area contributed by atoms with Crippen molar-refractivity contribution in [3.63, 3.8) is 0 Å². The Morgan fingerprint density at radius 2 is 1.83 bits per heavy atom. The molecule has 3 aromatic rings. The van der Waals surface area contributed by atoms with Crippen molar-refractivity contribution in [3.05, 3.63) is 71.4 Å². The third-order valence-corrected chi connectivity index (χ3v) is 5.54. The van der Waals surface area contributed by atoms with Gasteiger partial charge in [0.1, 0.15) is 5.69 Å². The number of morpholine rings is 1. The van der Waals surface area contributed by atoms with Gasteiger partial charge in [0.25, 0.3) is 0 Å². The minimum absolute atomic E-state index is 0.437. The second-order valence-corrected chi connectivity index (χ2v) is 7.64. The first-order valence-corrected chi connectivity index (χ1v) is 10.5. The molecule has 0 radical (unpaired) electrons. The van der Waals surface area contributed by atoms with Gasteiger partial charge in [-0.2, -0.15) is 0 Å². The van der Waals surface area contributed by atoms with Crippen LogP contribution >= 0.6 is 0 Å². The van der Waals surface area contributed by atoms with Crippen LogP contribution in [0.1, 0.15) is 12.1 Å². The molecule has 0 unspecified atom stereocenters. The van der Waals surface area contributed by atoms with E-state index in [9.17, 15) is 4.91 Å². The summed E-state index contributed by atoms with van der Waals surface area (Å²) in [5.41, 5.74) is 5.55. The van der Waals surface area contributed by atoms with Crippen molar-refractivity contribution >= 4 is 11.4 Å². The lowest BCUT2D eigenvalue weighted by molar-refractivity contribution is 0.0378. The largest absolute Gasteiger partial charge is 0.385 e. The highest BCUT2D eigenvalue weighted by molar-refractivity contribution is 5.69. The van der Waals surface area contributed by atoms with Crippen molar-refractivity contribution in [2.75, 3.05) is 44.7 Å². The van der Waals surface area contributed by atoms with Gasteiger partial charge in [0, 0.05) is 42.8 Å². The molecule has 30 heavy (non-hydrogen) atoms. The summed E-state index contributed by atoms with van der Waals surface area (Å²) in [5, 5.41) is 6.74. The van der Waals surface area contributed by atoms with E-state index >= 15 is 0 Å². The molecule has 1 aromatic heterocycles. The fourth-order valence-electron chi connectivity index (χ4n) is 3.88. The molecular formula is C24H28N4O2. The van der Waals surface area contributed by atoms with E-state index in [1.54, 1.807) is 6.07 Å². The molecule has 0 amide bonds. The smallest absolute Gasteiger partial charge is 0.132 e. The predicted molar refractivity (Wildman–Crippen MR) is 122 cm³/mol. The average Bonchev–Trinajstić information content (AvgIpc) is 3.19. The molecule has 6 heteroatoms. The average molecular weight is 405 g/mol. The molecule has 0 spiro atoms. The molecule has 1 aliphatic rings. The van der Waals surface area contributed by atoms with Gasteiger partial charge in [-0.15, -0.1) is 4.91 Å². The van der Waals surface area contributed by atoms with Crippen molar-refractivity contribution in [2.24, 2.45) is 5.18 Å². The zero-order valence-corrected chi connectivity index (χ0v) is 17.4. The van der Waals surface area contributed by atoms with E-state index in [4.69, 9.17) is 4.74 Å². The van der Waals surface area contributed by atoms with Gasteiger partial charge >= 0.3 is 0 Å². The Kier molecular flexibility index (Phi) is 6.57. The Morgan fingerprint density at radius 1 is 1.03 bits per heavy atom. The van der Waals surface area contributed by atoms with E-state index < -0.39 is 0 Å². The SMILES string of the molecule is Cc1cc(-c2ccccc2)cn1-c1cc(NCCCN2CCOCC2)ccc1N=O. The maximum Gasteiger partial charge on any atom is 0.132 e. The molecule has 1 fully saturated rings. The lowest BCUT2D eigenvalue weighted by Gasteiger charge is -2.26. The summed E-state index contributed by atoms with van der Waals surface area (Å²) in [7, 11) is 0. The molecule has 0 bridgehead atoms. The van der Waals surface area contributed by atoms with Crippen LogP contribution in [0.5, 0.6) is 0 Å². The standard InChI is InChI=1S/C24H28N4O2/c1-19-16-21(20-6-3-2-4-7-20)18-28(19)24-17-22(8-9-23(24)26-29)25-10-5-11-27-12-14-30-15-13-27/h2-4,6-9,16-18,25H,5,10-15H2,1H3. The minimum Gasteiger partial charge on any atom is -0.385 e. The van der Waals surface area contributed by atoms with Crippen LogP contribution in [-0.2, 0) is 4.74 Å². The van der Waals surface area contributed by atoms with Gasteiger partial charge in [0.2, 0.25) is 0 Å². The lowest BCUT2D eigenvalue weighted by atomic mass is 10.1. The van der Waals surface area contributed by atoms with E-state index in [-0.39, 0.29) is 0 Å². The molecule has 4 rings (SSSR count). The zero-order valence-electron chi connectivity index (χ0n) is 17.4. The predicted octanol–water partition coefficient (Wildman–Crippen LogP) is 4.98. The van der Waals surface area contributed by atoms with Crippen molar-refractivity contribution in [3.8, 4) is 16.8 Å². The van der Waals surface area contributed by atoms with Crippen LogP contribution in [0.25, 0.3) is 16.8 Å². The van der Waals surface area contributed by atoms with Crippen LogP contribution in [-0.4, -0.2) is 48.9 Å². The maximum absolute atomic E-state index is 11.4. The Morgan fingerprint density at radius 3 is 2.60 bits per heavy atom. The maximum atomic E-state index is 11.4. The van der Waals surface area contributed by atoms with Gasteiger partial charge in [-0.25, -0.2) is 0 Å². The Balaban J connectivity index is 1.48. The third-order valence-electron chi connectivity index (χ3n) is 5.54. The second-order valence-electron chi connectivity index (χ2n) is 7.64. The Hall–Kier alpha value is -2.96. The summed E-state index contributed by atoms with van der Waals surface area (Å²) in [4.78, 5) is 13.9. The molecule has 2 heterocycles. The number of benzene rings is 2. The number of nitroso groups, excluding NO2 is 1. The molecule has 1 N–H and O–H groups in total. The van der Waals surface area contributed by atoms with E-state index in [1.165, 1.54) is 0 Å². The number of aryl methyl sites for hydroxylation is 1. The summed E-state index contributed by atoms with van der Waals surface area (Å²) in [6.45, 7) is 7.68. The third kappa shape index (κ3) is 4.78. The lowest BCUT2D eigenvalue weighted by Crippen LogP contribution is -2.37. The monoisotopic (exact) mass is 404 g/mol. The van der Waals surface area contributed by atoms with Crippen molar-refractivity contribution < 1.29 is 4.74 Å². The number of hydrogen-bond donors (Lipinski definition) is 1. The first-order chi connectivity index (χ1) is 14.7. The van der Waals surface area contributed by atoms with Crippen LogP contribution in [0.15, 0.2) is 66.0 Å². The number of anilines is 1. The number of hydrogen-bond acceptors (Lipinski definition) is 5. The van der Waals surface area contributed by atoms with Crippen LogP contribution in [0.4, 0.5) is 11.4 Å².